The van der Waals surface area contributed by atoms with Gasteiger partial charge in [-0.05, 0) is 36.3 Å². The lowest BCUT2D eigenvalue weighted by atomic mass is 9.92. The molecule has 0 saturated heterocycles. The molecule has 3 rings (SSSR count). The monoisotopic (exact) mass is 415 g/mol. The van der Waals surface area contributed by atoms with Crippen LogP contribution in [0.4, 0.5) is 8.78 Å². The molecule has 1 aromatic heterocycles. The lowest BCUT2D eigenvalue weighted by molar-refractivity contribution is -0.136. The van der Waals surface area contributed by atoms with Crippen LogP contribution in [-0.4, -0.2) is 35.0 Å². The molecule has 1 aliphatic carbocycles. The second-order valence-corrected chi connectivity index (χ2v) is 7.68. The third kappa shape index (κ3) is 3.51. The van der Waals surface area contributed by atoms with Crippen LogP contribution in [0.3, 0.4) is 0 Å². The minimum Gasteiger partial charge on any atom is -0.496 e. The van der Waals surface area contributed by atoms with Crippen LogP contribution >= 0.6 is 22.9 Å². The fourth-order valence-electron chi connectivity index (χ4n) is 3.35. The highest BCUT2D eigenvalue weighted by atomic mass is 35.5. The van der Waals surface area contributed by atoms with E-state index >= 15 is 0 Å². The summed E-state index contributed by atoms with van der Waals surface area (Å²) in [6.45, 7) is 1.65. The number of alkyl halides is 2. The summed E-state index contributed by atoms with van der Waals surface area (Å²) >= 11 is 6.98. The van der Waals surface area contributed by atoms with Crippen LogP contribution in [0.25, 0.3) is 0 Å². The Bertz CT molecular complexity index is 903. The Morgan fingerprint density at radius 1 is 1.44 bits per heavy atom. The van der Waals surface area contributed by atoms with Gasteiger partial charge in [-0.2, -0.15) is 0 Å². The van der Waals surface area contributed by atoms with E-state index in [9.17, 15) is 23.5 Å². The number of fused-ring (bicyclic) bond motifs is 1. The zero-order valence-electron chi connectivity index (χ0n) is 14.5. The van der Waals surface area contributed by atoms with E-state index in [4.69, 9.17) is 16.3 Å². The molecule has 9 heteroatoms. The summed E-state index contributed by atoms with van der Waals surface area (Å²) in [5, 5.41) is 9.66. The number of rotatable bonds is 5. The van der Waals surface area contributed by atoms with E-state index in [1.807, 2.05) is 0 Å². The smallest absolute Gasteiger partial charge is 0.307 e. The van der Waals surface area contributed by atoms with E-state index in [2.05, 4.69) is 0 Å². The van der Waals surface area contributed by atoms with Gasteiger partial charge >= 0.3 is 5.97 Å². The van der Waals surface area contributed by atoms with Gasteiger partial charge in [0.1, 0.15) is 5.76 Å². The predicted octanol–water partition coefficient (Wildman–Crippen LogP) is 4.69. The minimum atomic E-state index is -2.65. The highest BCUT2D eigenvalue weighted by molar-refractivity contribution is 7.14. The summed E-state index contributed by atoms with van der Waals surface area (Å²) < 4.78 is 31.0. The topological polar surface area (TPSA) is 66.8 Å². The maximum Gasteiger partial charge on any atom is 0.307 e. The SMILES string of the molecule is COC1=C(Cl)CC2C(=C1)C(CC(=O)O)=C(C)N2C(=O)c1ccc(C(F)F)s1. The van der Waals surface area contributed by atoms with Crippen molar-refractivity contribution in [3.63, 3.8) is 0 Å². The van der Waals surface area contributed by atoms with Crippen molar-refractivity contribution in [3.05, 3.63) is 55.6 Å². The van der Waals surface area contributed by atoms with E-state index in [1.165, 1.54) is 24.1 Å². The van der Waals surface area contributed by atoms with Gasteiger partial charge < -0.3 is 14.7 Å². The summed E-state index contributed by atoms with van der Waals surface area (Å²) in [6.07, 6.45) is -1.01. The van der Waals surface area contributed by atoms with Crippen molar-refractivity contribution in [1.29, 1.82) is 0 Å². The number of carboxylic acid groups (broad SMARTS) is 1. The first kappa shape index (κ1) is 19.6. The lowest BCUT2D eigenvalue weighted by Gasteiger charge is -2.29. The Morgan fingerprint density at radius 3 is 2.70 bits per heavy atom. The number of allylic oxidation sites excluding steroid dienone is 2. The third-order valence-electron chi connectivity index (χ3n) is 4.56. The molecule has 144 valence electrons. The highest BCUT2D eigenvalue weighted by Gasteiger charge is 2.41. The largest absolute Gasteiger partial charge is 0.496 e. The number of halogens is 3. The zero-order chi connectivity index (χ0) is 19.9. The molecule has 0 fully saturated rings. The van der Waals surface area contributed by atoms with Crippen LogP contribution in [0.1, 0.15) is 40.7 Å². The molecule has 0 radical (unpaired) electrons. The Balaban J connectivity index is 2.03. The minimum absolute atomic E-state index is 0.165. The molecular formula is C18H16ClF2NO4S. The van der Waals surface area contributed by atoms with Gasteiger partial charge in [0.05, 0.1) is 34.4 Å². The van der Waals surface area contributed by atoms with E-state index in [1.54, 1.807) is 13.0 Å². The van der Waals surface area contributed by atoms with Crippen molar-refractivity contribution in [3.8, 4) is 0 Å². The first-order chi connectivity index (χ1) is 12.7. The molecule has 1 amide bonds. The number of aliphatic carboxylic acids is 1. The maximum absolute atomic E-state index is 13.0. The number of carbonyl (C=O) groups is 2. The van der Waals surface area contributed by atoms with Gasteiger partial charge in [0.2, 0.25) is 0 Å². The van der Waals surface area contributed by atoms with Crippen LogP contribution in [0, 0.1) is 0 Å². The number of carbonyl (C=O) groups excluding carboxylic acids is 1. The van der Waals surface area contributed by atoms with Crippen LogP contribution in [0.5, 0.6) is 0 Å². The van der Waals surface area contributed by atoms with Gasteiger partial charge in [-0.15, -0.1) is 11.3 Å². The van der Waals surface area contributed by atoms with E-state index in [-0.39, 0.29) is 22.6 Å². The standard InChI is InChI=1S/C18H16ClF2NO4S/c1-8-9(6-16(23)24)10-5-13(26-2)11(19)7-12(10)22(8)18(25)15-4-3-14(27-15)17(20)21/h3-5,12,17H,6-7H2,1-2H3,(H,23,24). The van der Waals surface area contributed by atoms with Crippen molar-refractivity contribution < 1.29 is 28.2 Å². The summed E-state index contributed by atoms with van der Waals surface area (Å²) in [5.41, 5.74) is 1.63. The molecule has 0 bridgehead atoms. The van der Waals surface area contributed by atoms with Crippen molar-refractivity contribution in [1.82, 2.24) is 4.90 Å². The average Bonchev–Trinajstić information content (AvgIpc) is 3.18. The summed E-state index contributed by atoms with van der Waals surface area (Å²) in [6, 6.07) is 2.10. The maximum atomic E-state index is 13.0. The molecule has 0 saturated carbocycles. The molecule has 1 aromatic rings. The van der Waals surface area contributed by atoms with Crippen molar-refractivity contribution in [2.24, 2.45) is 0 Å². The molecule has 1 aliphatic heterocycles. The van der Waals surface area contributed by atoms with Gasteiger partial charge in [0.25, 0.3) is 12.3 Å². The number of thiophene rings is 1. The van der Waals surface area contributed by atoms with Gasteiger partial charge in [-0.1, -0.05) is 11.6 Å². The van der Waals surface area contributed by atoms with Crippen LogP contribution in [-0.2, 0) is 9.53 Å². The number of carboxylic acids is 1. The molecule has 0 spiro atoms. The van der Waals surface area contributed by atoms with Crippen molar-refractivity contribution >= 4 is 34.8 Å². The van der Waals surface area contributed by atoms with E-state index in [0.717, 1.165) is 11.3 Å². The van der Waals surface area contributed by atoms with Crippen molar-refractivity contribution in [2.45, 2.75) is 32.2 Å². The van der Waals surface area contributed by atoms with Crippen LogP contribution in [0.2, 0.25) is 0 Å². The van der Waals surface area contributed by atoms with Gasteiger partial charge in [-0.25, -0.2) is 8.78 Å². The number of methoxy groups -OCH3 is 1. The molecule has 2 aliphatic rings. The van der Waals surface area contributed by atoms with Gasteiger partial charge in [-0.3, -0.25) is 9.59 Å². The summed E-state index contributed by atoms with van der Waals surface area (Å²) in [7, 11) is 1.46. The first-order valence-electron chi connectivity index (χ1n) is 8.02. The molecule has 1 unspecified atom stereocenters. The lowest BCUT2D eigenvalue weighted by Crippen LogP contribution is -2.36. The first-order valence-corrected chi connectivity index (χ1v) is 9.21. The second kappa shape index (κ2) is 7.44. The number of hydrogen-bond donors (Lipinski definition) is 1. The number of nitrogens with zero attached hydrogens (tertiary/aromatic N) is 1. The van der Waals surface area contributed by atoms with Gasteiger partial charge in [0, 0.05) is 12.1 Å². The zero-order valence-corrected chi connectivity index (χ0v) is 16.0. The Morgan fingerprint density at radius 2 is 2.15 bits per heavy atom. The highest BCUT2D eigenvalue weighted by Crippen LogP contribution is 2.44. The number of ether oxygens (including phenoxy) is 1. The Hall–Kier alpha value is -2.19. The molecular weight excluding hydrogens is 400 g/mol. The van der Waals surface area contributed by atoms with E-state index < -0.39 is 24.3 Å². The fraction of sp³-hybridized carbons (Fsp3) is 0.333. The normalized spacial score (nSPS) is 19.6. The molecule has 0 aromatic carbocycles. The molecule has 1 atom stereocenters. The van der Waals surface area contributed by atoms with Crippen LogP contribution < -0.4 is 0 Å². The Labute approximate surface area is 163 Å². The van der Waals surface area contributed by atoms with Crippen molar-refractivity contribution in [2.75, 3.05) is 7.11 Å². The number of amides is 1. The Kier molecular flexibility index (Phi) is 5.39. The predicted molar refractivity (Wildman–Crippen MR) is 96.8 cm³/mol. The molecule has 1 N–H and O–H groups in total. The molecule has 2 heterocycles. The third-order valence-corrected chi connectivity index (χ3v) is 5.98. The fourth-order valence-corrected chi connectivity index (χ4v) is 4.43. The summed E-state index contributed by atoms with van der Waals surface area (Å²) in [5.74, 6) is -1.07. The number of hydrogen-bond acceptors (Lipinski definition) is 4. The average molecular weight is 416 g/mol. The van der Waals surface area contributed by atoms with Crippen LogP contribution in [0.15, 0.2) is 45.8 Å². The van der Waals surface area contributed by atoms with Gasteiger partial charge in [0.15, 0.2) is 0 Å². The van der Waals surface area contributed by atoms with E-state index in [0.29, 0.717) is 27.6 Å². The summed E-state index contributed by atoms with van der Waals surface area (Å²) in [4.78, 5) is 25.7. The molecule has 27 heavy (non-hydrogen) atoms. The molecule has 5 nitrogen and oxygen atoms in total. The second-order valence-electron chi connectivity index (χ2n) is 6.11. The quantitative estimate of drug-likeness (QED) is 0.757.